The number of nitrogens with zero attached hydrogens (tertiary/aromatic N) is 1. The summed E-state index contributed by atoms with van der Waals surface area (Å²) in [6.07, 6.45) is 6.10. The lowest BCUT2D eigenvalue weighted by molar-refractivity contribution is -0.127. The van der Waals surface area contributed by atoms with Crippen molar-refractivity contribution >= 4 is 17.7 Å². The van der Waals surface area contributed by atoms with Gasteiger partial charge in [-0.2, -0.15) is 0 Å². The zero-order valence-corrected chi connectivity index (χ0v) is 18.4. The van der Waals surface area contributed by atoms with E-state index in [0.717, 1.165) is 12.8 Å². The molecule has 1 unspecified atom stereocenters. The van der Waals surface area contributed by atoms with Crippen LogP contribution in [0, 0.1) is 5.92 Å². The highest BCUT2D eigenvalue weighted by molar-refractivity contribution is 5.96. The molecule has 2 N–H and O–H groups in total. The standard InChI is InChI=1S/C23H29N3O6/c1-3-4-11-32-19-8-7-16(13-20(19)30-2)21(27)24-25-22(28)17-6-5-10-26(14-17)23(29)18-9-12-31-15-18/h7-9,12-13,15,17H,3-6,10-11,14H2,1-2H3,(H,24,27)(H,25,28). The van der Waals surface area contributed by atoms with Crippen LogP contribution in [0.25, 0.3) is 0 Å². The van der Waals surface area contributed by atoms with Gasteiger partial charge in [0.05, 0.1) is 31.5 Å². The van der Waals surface area contributed by atoms with E-state index < -0.39 is 11.8 Å². The van der Waals surface area contributed by atoms with Crippen molar-refractivity contribution in [3.05, 3.63) is 47.9 Å². The number of unbranched alkanes of at least 4 members (excludes halogenated alkanes) is 1. The summed E-state index contributed by atoms with van der Waals surface area (Å²) in [4.78, 5) is 39.2. The predicted molar refractivity (Wildman–Crippen MR) is 116 cm³/mol. The fourth-order valence-electron chi connectivity index (χ4n) is 3.49. The number of ether oxygens (including phenoxy) is 2. The molecule has 9 heteroatoms. The van der Waals surface area contributed by atoms with Crippen molar-refractivity contribution in [3.8, 4) is 11.5 Å². The van der Waals surface area contributed by atoms with Gasteiger partial charge in [0, 0.05) is 18.7 Å². The van der Waals surface area contributed by atoms with Crippen molar-refractivity contribution in [2.75, 3.05) is 26.8 Å². The van der Waals surface area contributed by atoms with Gasteiger partial charge in [0.2, 0.25) is 5.91 Å². The van der Waals surface area contributed by atoms with E-state index >= 15 is 0 Å². The molecule has 2 aromatic rings. The summed E-state index contributed by atoms with van der Waals surface area (Å²) in [7, 11) is 1.51. The lowest BCUT2D eigenvalue weighted by atomic mass is 9.97. The molecule has 2 heterocycles. The zero-order chi connectivity index (χ0) is 22.9. The third-order valence-corrected chi connectivity index (χ3v) is 5.33. The second-order valence-corrected chi connectivity index (χ2v) is 7.61. The second-order valence-electron chi connectivity index (χ2n) is 7.61. The maximum absolute atomic E-state index is 12.6. The average molecular weight is 444 g/mol. The van der Waals surface area contributed by atoms with Crippen LogP contribution in [0.5, 0.6) is 11.5 Å². The Hall–Kier alpha value is -3.49. The third-order valence-electron chi connectivity index (χ3n) is 5.33. The number of likely N-dealkylation sites (tertiary alicyclic amines) is 1. The van der Waals surface area contributed by atoms with Crippen molar-refractivity contribution in [2.24, 2.45) is 5.92 Å². The first-order valence-corrected chi connectivity index (χ1v) is 10.8. The molecule has 1 aromatic heterocycles. The number of methoxy groups -OCH3 is 1. The van der Waals surface area contributed by atoms with Crippen LogP contribution in [-0.4, -0.2) is 49.4 Å². The molecule has 1 atom stereocenters. The van der Waals surface area contributed by atoms with Crippen molar-refractivity contribution in [1.29, 1.82) is 0 Å². The van der Waals surface area contributed by atoms with E-state index in [-0.39, 0.29) is 18.4 Å². The van der Waals surface area contributed by atoms with E-state index in [1.54, 1.807) is 29.2 Å². The maximum atomic E-state index is 12.6. The summed E-state index contributed by atoms with van der Waals surface area (Å²) >= 11 is 0. The number of furan rings is 1. The number of hydrogen-bond donors (Lipinski definition) is 2. The number of rotatable bonds is 8. The smallest absolute Gasteiger partial charge is 0.269 e. The van der Waals surface area contributed by atoms with Gasteiger partial charge >= 0.3 is 0 Å². The van der Waals surface area contributed by atoms with Crippen molar-refractivity contribution < 1.29 is 28.3 Å². The summed E-state index contributed by atoms with van der Waals surface area (Å²) in [5.74, 6) is -0.391. The lowest BCUT2D eigenvalue weighted by Crippen LogP contribution is -2.50. The highest BCUT2D eigenvalue weighted by atomic mass is 16.5. The van der Waals surface area contributed by atoms with E-state index in [4.69, 9.17) is 13.9 Å². The zero-order valence-electron chi connectivity index (χ0n) is 18.4. The Morgan fingerprint density at radius 2 is 2.00 bits per heavy atom. The SMILES string of the molecule is CCCCOc1ccc(C(=O)NNC(=O)C2CCCN(C(=O)c3ccoc3)C2)cc1OC. The van der Waals surface area contributed by atoms with E-state index in [1.165, 1.54) is 19.6 Å². The van der Waals surface area contributed by atoms with E-state index in [0.29, 0.717) is 48.6 Å². The number of nitrogens with one attached hydrogen (secondary N) is 2. The first-order valence-electron chi connectivity index (χ1n) is 10.8. The molecule has 0 spiro atoms. The fraction of sp³-hybridized carbons (Fsp3) is 0.435. The van der Waals surface area contributed by atoms with Crippen molar-refractivity contribution in [2.45, 2.75) is 32.6 Å². The highest BCUT2D eigenvalue weighted by Gasteiger charge is 2.29. The van der Waals surface area contributed by atoms with Crippen LogP contribution in [0.15, 0.2) is 41.2 Å². The Morgan fingerprint density at radius 3 is 2.72 bits per heavy atom. The number of amides is 3. The molecule has 0 aliphatic carbocycles. The van der Waals surface area contributed by atoms with Gasteiger partial charge in [0.1, 0.15) is 6.26 Å². The molecule has 1 fully saturated rings. The van der Waals surface area contributed by atoms with Crippen LogP contribution >= 0.6 is 0 Å². The Kier molecular flexibility index (Phi) is 8.13. The largest absolute Gasteiger partial charge is 0.493 e. The number of carbonyl (C=O) groups is 3. The average Bonchev–Trinajstić information content (AvgIpc) is 3.37. The first kappa shape index (κ1) is 23.2. The van der Waals surface area contributed by atoms with Crippen LogP contribution in [0.2, 0.25) is 0 Å². The topological polar surface area (TPSA) is 110 Å². The summed E-state index contributed by atoms with van der Waals surface area (Å²) in [6.45, 7) is 3.50. The van der Waals surface area contributed by atoms with Gasteiger partial charge in [-0.15, -0.1) is 0 Å². The Morgan fingerprint density at radius 1 is 1.16 bits per heavy atom. The Labute approximate surface area is 187 Å². The van der Waals surface area contributed by atoms with Gasteiger partial charge in [0.15, 0.2) is 11.5 Å². The number of hydrazine groups is 1. The van der Waals surface area contributed by atoms with Crippen LogP contribution < -0.4 is 20.3 Å². The molecule has 172 valence electrons. The predicted octanol–water partition coefficient (Wildman–Crippen LogP) is 2.78. The molecule has 1 aliphatic heterocycles. The molecular formula is C23H29N3O6. The number of benzene rings is 1. The molecule has 32 heavy (non-hydrogen) atoms. The summed E-state index contributed by atoms with van der Waals surface area (Å²) in [6, 6.07) is 6.44. The molecule has 3 amide bonds. The molecule has 0 saturated carbocycles. The van der Waals surface area contributed by atoms with Gasteiger partial charge in [-0.25, -0.2) is 0 Å². The molecular weight excluding hydrogens is 414 g/mol. The van der Waals surface area contributed by atoms with Crippen molar-refractivity contribution in [1.82, 2.24) is 15.8 Å². The molecule has 0 radical (unpaired) electrons. The van der Waals surface area contributed by atoms with Gasteiger partial charge < -0.3 is 18.8 Å². The normalized spacial score (nSPS) is 15.7. The second kappa shape index (κ2) is 11.2. The van der Waals surface area contributed by atoms with Gasteiger partial charge in [-0.05, 0) is 43.5 Å². The molecule has 1 saturated heterocycles. The van der Waals surface area contributed by atoms with E-state index in [9.17, 15) is 14.4 Å². The lowest BCUT2D eigenvalue weighted by Gasteiger charge is -2.31. The van der Waals surface area contributed by atoms with Crippen LogP contribution in [0.3, 0.4) is 0 Å². The van der Waals surface area contributed by atoms with Crippen molar-refractivity contribution in [3.63, 3.8) is 0 Å². The highest BCUT2D eigenvalue weighted by Crippen LogP contribution is 2.28. The van der Waals surface area contributed by atoms with Gasteiger partial charge in [0.25, 0.3) is 11.8 Å². The summed E-state index contributed by atoms with van der Waals surface area (Å²) in [5.41, 5.74) is 5.69. The van der Waals surface area contributed by atoms with E-state index in [1.807, 2.05) is 0 Å². The molecule has 9 nitrogen and oxygen atoms in total. The monoisotopic (exact) mass is 443 g/mol. The molecule has 1 aromatic carbocycles. The third kappa shape index (κ3) is 5.81. The Balaban J connectivity index is 1.53. The quantitative estimate of drug-likeness (QED) is 0.480. The number of piperidine rings is 1. The number of carbonyl (C=O) groups excluding carboxylic acids is 3. The Bertz CT molecular complexity index is 928. The van der Waals surface area contributed by atoms with Gasteiger partial charge in [-0.3, -0.25) is 25.2 Å². The minimum Gasteiger partial charge on any atom is -0.493 e. The minimum absolute atomic E-state index is 0.173. The first-order chi connectivity index (χ1) is 15.5. The number of hydrogen-bond acceptors (Lipinski definition) is 6. The minimum atomic E-state index is -0.473. The maximum Gasteiger partial charge on any atom is 0.269 e. The fourth-order valence-corrected chi connectivity index (χ4v) is 3.49. The molecule has 1 aliphatic rings. The van der Waals surface area contributed by atoms with Gasteiger partial charge in [-0.1, -0.05) is 13.3 Å². The van der Waals surface area contributed by atoms with Crippen LogP contribution in [0.1, 0.15) is 53.3 Å². The molecule has 0 bridgehead atoms. The molecule has 3 rings (SSSR count). The summed E-state index contributed by atoms with van der Waals surface area (Å²) < 4.78 is 16.0. The summed E-state index contributed by atoms with van der Waals surface area (Å²) in [5, 5.41) is 0. The van der Waals surface area contributed by atoms with E-state index in [2.05, 4.69) is 17.8 Å². The van der Waals surface area contributed by atoms with Crippen LogP contribution in [-0.2, 0) is 4.79 Å². The van der Waals surface area contributed by atoms with Crippen LogP contribution in [0.4, 0.5) is 0 Å².